The van der Waals surface area contributed by atoms with Gasteiger partial charge < -0.3 is 4.74 Å². The topological polar surface area (TPSA) is 70.2 Å². The minimum Gasteiger partial charge on any atom is -0.488 e. The number of benzene rings is 2. The minimum atomic E-state index is -0.409. The van der Waals surface area contributed by atoms with Crippen LogP contribution in [0.4, 0.5) is 5.69 Å². The lowest BCUT2D eigenvalue weighted by Crippen LogP contribution is -2.07. The van der Waals surface area contributed by atoms with Gasteiger partial charge in [-0.05, 0) is 22.0 Å². The third-order valence-corrected chi connectivity index (χ3v) is 4.16. The molecule has 24 heavy (non-hydrogen) atoms. The summed E-state index contributed by atoms with van der Waals surface area (Å²) in [7, 11) is 1.79. The fourth-order valence-electron chi connectivity index (χ4n) is 2.34. The quantitative estimate of drug-likeness (QED) is 0.484. The van der Waals surface area contributed by atoms with E-state index >= 15 is 0 Å². The Labute approximate surface area is 147 Å². The van der Waals surface area contributed by atoms with Crippen LogP contribution < -0.4 is 4.74 Å². The number of non-ortho nitro benzene ring substituents is 1. The number of nitro groups is 1. The first-order chi connectivity index (χ1) is 11.6. The predicted octanol–water partition coefficient (Wildman–Crippen LogP) is 4.34. The molecular weight excluding hydrogens is 374 g/mol. The number of para-hydroxylation sites is 1. The molecule has 6 nitrogen and oxygen atoms in total. The van der Waals surface area contributed by atoms with Crippen LogP contribution in [-0.2, 0) is 13.7 Å². The smallest absolute Gasteiger partial charge is 0.270 e. The van der Waals surface area contributed by atoms with Gasteiger partial charge in [0, 0.05) is 30.3 Å². The van der Waals surface area contributed by atoms with Crippen molar-refractivity contribution in [2.24, 2.45) is 7.05 Å². The van der Waals surface area contributed by atoms with Crippen LogP contribution in [0, 0.1) is 10.1 Å². The van der Waals surface area contributed by atoms with Gasteiger partial charge in [-0.2, -0.15) is 5.10 Å². The summed E-state index contributed by atoms with van der Waals surface area (Å²) < 4.78 is 7.56. The van der Waals surface area contributed by atoms with E-state index in [1.165, 1.54) is 17.7 Å². The summed E-state index contributed by atoms with van der Waals surface area (Å²) >= 11 is 3.36. The first-order valence-corrected chi connectivity index (χ1v) is 7.98. The number of rotatable bonds is 2. The first-order valence-electron chi connectivity index (χ1n) is 7.19. The Bertz CT molecular complexity index is 850. The lowest BCUT2D eigenvalue weighted by molar-refractivity contribution is -0.384. The summed E-state index contributed by atoms with van der Waals surface area (Å²) in [5.74, 6) is 1.05. The van der Waals surface area contributed by atoms with E-state index in [1.54, 1.807) is 24.0 Å². The van der Waals surface area contributed by atoms with Crippen LogP contribution in [0.5, 0.6) is 5.75 Å². The molecule has 1 aliphatic heterocycles. The Morgan fingerprint density at radius 3 is 2.54 bits per heavy atom. The zero-order valence-corrected chi connectivity index (χ0v) is 14.4. The van der Waals surface area contributed by atoms with E-state index in [-0.39, 0.29) is 5.69 Å². The molecule has 1 aliphatic rings. The van der Waals surface area contributed by atoms with Gasteiger partial charge in [-0.15, -0.1) is 0 Å². The molecule has 0 N–H and O–H groups in total. The van der Waals surface area contributed by atoms with Crippen molar-refractivity contribution in [3.8, 4) is 17.0 Å². The van der Waals surface area contributed by atoms with Crippen LogP contribution in [0.1, 0.15) is 5.56 Å². The molecule has 0 amide bonds. The molecule has 1 aromatic heterocycles. The summed E-state index contributed by atoms with van der Waals surface area (Å²) in [5, 5.41) is 14.7. The van der Waals surface area contributed by atoms with Crippen LogP contribution in [0.3, 0.4) is 0 Å². The van der Waals surface area contributed by atoms with Crippen molar-refractivity contribution in [3.63, 3.8) is 0 Å². The molecule has 4 rings (SSSR count). The van der Waals surface area contributed by atoms with Crippen molar-refractivity contribution >= 4 is 21.6 Å². The Balaban J connectivity index is 0.000000175. The number of aryl methyl sites for hydroxylation is 1. The molecule has 122 valence electrons. The third-order valence-electron chi connectivity index (χ3n) is 3.58. The Hall–Kier alpha value is -2.67. The predicted molar refractivity (Wildman–Crippen MR) is 93.8 cm³/mol. The first kappa shape index (κ1) is 16.2. The van der Waals surface area contributed by atoms with Gasteiger partial charge in [-0.1, -0.05) is 30.3 Å². The highest BCUT2D eigenvalue weighted by Crippen LogP contribution is 2.29. The van der Waals surface area contributed by atoms with Crippen LogP contribution in [0.25, 0.3) is 11.3 Å². The molecule has 0 aliphatic carbocycles. The number of fused-ring (bicyclic) bond motifs is 1. The third kappa shape index (κ3) is 3.30. The van der Waals surface area contributed by atoms with Crippen molar-refractivity contribution < 1.29 is 9.66 Å². The van der Waals surface area contributed by atoms with Gasteiger partial charge in [0.15, 0.2) is 0 Å². The van der Waals surface area contributed by atoms with E-state index in [9.17, 15) is 10.1 Å². The van der Waals surface area contributed by atoms with Crippen LogP contribution in [0.2, 0.25) is 0 Å². The van der Waals surface area contributed by atoms with Crippen LogP contribution in [0.15, 0.2) is 59.2 Å². The van der Waals surface area contributed by atoms with E-state index in [4.69, 9.17) is 4.74 Å². The molecule has 0 saturated carbocycles. The van der Waals surface area contributed by atoms with E-state index in [0.717, 1.165) is 28.1 Å². The standard InChI is InChI=1S/C10H8BrN3O2.C7H6O/c1-13-10(9(11)6-12-13)7-3-2-4-8(5-7)14(15)16;1-2-4-7-6(3-1)5-8-7/h2-6H,1H3;1-4H,5H2. The van der Waals surface area contributed by atoms with Crippen molar-refractivity contribution in [1.29, 1.82) is 0 Å². The van der Waals surface area contributed by atoms with E-state index in [2.05, 4.69) is 27.1 Å². The number of nitrogens with zero attached hydrogens (tertiary/aromatic N) is 3. The molecule has 0 saturated heterocycles. The number of ether oxygens (including phenoxy) is 1. The Kier molecular flexibility index (Phi) is 4.61. The molecule has 3 aromatic rings. The van der Waals surface area contributed by atoms with Gasteiger partial charge in [-0.25, -0.2) is 0 Å². The lowest BCUT2D eigenvalue weighted by atomic mass is 10.1. The summed E-state index contributed by atoms with van der Waals surface area (Å²) in [6, 6.07) is 14.5. The fourth-order valence-corrected chi connectivity index (χ4v) is 2.92. The van der Waals surface area contributed by atoms with Gasteiger partial charge in [0.05, 0.1) is 21.3 Å². The average Bonchev–Trinajstić information content (AvgIpc) is 2.88. The summed E-state index contributed by atoms with van der Waals surface area (Å²) in [5.41, 5.74) is 2.99. The van der Waals surface area contributed by atoms with E-state index < -0.39 is 4.92 Å². The molecule has 0 fully saturated rings. The molecule has 0 bridgehead atoms. The Morgan fingerprint density at radius 1 is 1.25 bits per heavy atom. The normalized spacial score (nSPS) is 11.4. The minimum absolute atomic E-state index is 0.0746. The zero-order chi connectivity index (χ0) is 17.1. The molecule has 0 unspecified atom stereocenters. The maximum Gasteiger partial charge on any atom is 0.270 e. The van der Waals surface area contributed by atoms with Gasteiger partial charge in [-0.3, -0.25) is 14.8 Å². The van der Waals surface area contributed by atoms with Gasteiger partial charge >= 0.3 is 0 Å². The summed E-state index contributed by atoms with van der Waals surface area (Å²) in [4.78, 5) is 10.3. The lowest BCUT2D eigenvalue weighted by Gasteiger charge is -2.18. The highest BCUT2D eigenvalue weighted by Gasteiger charge is 2.12. The maximum atomic E-state index is 10.7. The highest BCUT2D eigenvalue weighted by atomic mass is 79.9. The molecule has 2 heterocycles. The SMILES string of the molecule is Cn1ncc(Br)c1-c1cccc([N+](=O)[O-])c1.c1ccc2c(c1)CO2. The number of hydrogen-bond donors (Lipinski definition) is 0. The molecule has 0 atom stereocenters. The second kappa shape index (κ2) is 6.84. The molecule has 7 heteroatoms. The fraction of sp³-hybridized carbons (Fsp3) is 0.118. The van der Waals surface area contributed by atoms with Gasteiger partial charge in [0.1, 0.15) is 12.4 Å². The number of nitro benzene ring substituents is 1. The monoisotopic (exact) mass is 387 g/mol. The van der Waals surface area contributed by atoms with Crippen LogP contribution >= 0.6 is 15.9 Å². The highest BCUT2D eigenvalue weighted by molar-refractivity contribution is 9.10. The van der Waals surface area contributed by atoms with Crippen molar-refractivity contribution in [3.05, 3.63) is 74.9 Å². The molecular formula is C17H14BrN3O3. The number of hydrogen-bond acceptors (Lipinski definition) is 4. The van der Waals surface area contributed by atoms with E-state index in [0.29, 0.717) is 0 Å². The van der Waals surface area contributed by atoms with Gasteiger partial charge in [0.2, 0.25) is 0 Å². The molecule has 0 spiro atoms. The second-order valence-electron chi connectivity index (χ2n) is 5.17. The van der Waals surface area contributed by atoms with Crippen molar-refractivity contribution in [2.45, 2.75) is 6.61 Å². The number of halogens is 1. The van der Waals surface area contributed by atoms with E-state index in [1.807, 2.05) is 24.3 Å². The largest absolute Gasteiger partial charge is 0.488 e. The zero-order valence-electron chi connectivity index (χ0n) is 12.8. The maximum absolute atomic E-state index is 10.7. The van der Waals surface area contributed by atoms with Crippen molar-refractivity contribution in [2.75, 3.05) is 0 Å². The van der Waals surface area contributed by atoms with Crippen molar-refractivity contribution in [1.82, 2.24) is 9.78 Å². The average molecular weight is 388 g/mol. The Morgan fingerprint density at radius 2 is 2.04 bits per heavy atom. The molecule has 2 aromatic carbocycles. The van der Waals surface area contributed by atoms with Crippen LogP contribution in [-0.4, -0.2) is 14.7 Å². The summed E-state index contributed by atoms with van der Waals surface area (Å²) in [6.45, 7) is 0.802. The summed E-state index contributed by atoms with van der Waals surface area (Å²) in [6.07, 6.45) is 1.66. The second-order valence-corrected chi connectivity index (χ2v) is 6.02. The number of aromatic nitrogens is 2. The van der Waals surface area contributed by atoms with Gasteiger partial charge in [0.25, 0.3) is 5.69 Å². The molecule has 0 radical (unpaired) electrons.